The number of benzene rings is 1. The molecular formula is C15H18F3NO3. The highest BCUT2D eigenvalue weighted by Crippen LogP contribution is 2.29. The summed E-state index contributed by atoms with van der Waals surface area (Å²) in [5, 5.41) is 2.53. The summed E-state index contributed by atoms with van der Waals surface area (Å²) in [4.78, 5) is 22.5. The number of hydrogen-bond donors (Lipinski definition) is 1. The molecule has 0 aliphatic heterocycles. The lowest BCUT2D eigenvalue weighted by Gasteiger charge is -2.21. The number of amides is 1. The van der Waals surface area contributed by atoms with Gasteiger partial charge in [0.2, 0.25) is 0 Å². The maximum absolute atomic E-state index is 12.4. The van der Waals surface area contributed by atoms with E-state index in [9.17, 15) is 22.8 Å². The molecule has 0 spiro atoms. The van der Waals surface area contributed by atoms with E-state index in [4.69, 9.17) is 4.74 Å². The van der Waals surface area contributed by atoms with Crippen molar-refractivity contribution in [2.45, 2.75) is 45.0 Å². The van der Waals surface area contributed by atoms with Gasteiger partial charge in [-0.2, -0.15) is 13.2 Å². The van der Waals surface area contributed by atoms with Crippen molar-refractivity contribution in [2.24, 2.45) is 0 Å². The van der Waals surface area contributed by atoms with Crippen molar-refractivity contribution >= 4 is 12.4 Å². The molecule has 22 heavy (non-hydrogen) atoms. The predicted molar refractivity (Wildman–Crippen MR) is 74.4 cm³/mol. The number of aldehydes is 1. The monoisotopic (exact) mass is 317 g/mol. The molecule has 1 N–H and O–H groups in total. The molecule has 0 aliphatic rings. The molecule has 122 valence electrons. The van der Waals surface area contributed by atoms with Crippen LogP contribution in [0, 0.1) is 0 Å². The summed E-state index contributed by atoms with van der Waals surface area (Å²) in [5.74, 6) is 0. The van der Waals surface area contributed by atoms with E-state index in [1.807, 2.05) is 0 Å². The van der Waals surface area contributed by atoms with Gasteiger partial charge in [-0.3, -0.25) is 4.79 Å². The van der Waals surface area contributed by atoms with Crippen LogP contribution < -0.4 is 5.32 Å². The normalized spacial score (nSPS) is 13.4. The number of carbonyl (C=O) groups is 2. The van der Waals surface area contributed by atoms with E-state index < -0.39 is 29.5 Å². The second kappa shape index (κ2) is 6.81. The van der Waals surface area contributed by atoms with E-state index in [0.29, 0.717) is 11.8 Å². The molecule has 0 saturated carbocycles. The molecule has 0 aliphatic carbocycles. The fraction of sp³-hybridized carbons (Fsp3) is 0.467. The largest absolute Gasteiger partial charge is 0.438 e. The smallest absolute Gasteiger partial charge is 0.416 e. The van der Waals surface area contributed by atoms with Gasteiger partial charge >= 0.3 is 12.3 Å². The number of halogens is 3. The highest BCUT2D eigenvalue weighted by atomic mass is 19.4. The summed E-state index contributed by atoms with van der Waals surface area (Å²) in [6.45, 7) is 5.25. The average molecular weight is 317 g/mol. The van der Waals surface area contributed by atoms with Crippen molar-refractivity contribution in [3.63, 3.8) is 0 Å². The fourth-order valence-electron chi connectivity index (χ4n) is 1.65. The molecule has 1 amide bonds. The number of ether oxygens (including phenoxy) is 1. The zero-order valence-corrected chi connectivity index (χ0v) is 12.5. The Kier molecular flexibility index (Phi) is 5.57. The van der Waals surface area contributed by atoms with Crippen LogP contribution in [-0.2, 0) is 22.1 Å². The summed E-state index contributed by atoms with van der Waals surface area (Å²) >= 11 is 0. The van der Waals surface area contributed by atoms with Gasteiger partial charge in [0.25, 0.3) is 0 Å². The van der Waals surface area contributed by atoms with E-state index in [1.54, 1.807) is 20.8 Å². The highest BCUT2D eigenvalue weighted by molar-refractivity contribution is 5.71. The topological polar surface area (TPSA) is 55.4 Å². The number of alkyl halides is 3. The standard InChI is InChI=1S/C15H18F3NO3/c1-14(2,3)19-13(21)22-12(9-20)8-10-4-6-11(7-5-10)15(16,17)18/h4-7,9,12H,8H2,1-3H3,(H,19,21)/t12-/m1/s1. The van der Waals surface area contributed by atoms with E-state index >= 15 is 0 Å². The van der Waals surface area contributed by atoms with Crippen molar-refractivity contribution in [2.75, 3.05) is 0 Å². The summed E-state index contributed by atoms with van der Waals surface area (Å²) in [7, 11) is 0. The van der Waals surface area contributed by atoms with Gasteiger partial charge in [-0.05, 0) is 38.5 Å². The second-order valence-electron chi connectivity index (χ2n) is 5.85. The van der Waals surface area contributed by atoms with Gasteiger partial charge in [0.05, 0.1) is 5.56 Å². The molecular weight excluding hydrogens is 299 g/mol. The molecule has 0 unspecified atom stereocenters. The Labute approximate surface area is 126 Å². The van der Waals surface area contributed by atoms with Crippen molar-refractivity contribution in [3.8, 4) is 0 Å². The highest BCUT2D eigenvalue weighted by Gasteiger charge is 2.30. The van der Waals surface area contributed by atoms with Crippen LogP contribution in [0.4, 0.5) is 18.0 Å². The molecule has 0 fully saturated rings. The molecule has 0 radical (unpaired) electrons. The first kappa shape index (κ1) is 18.0. The van der Waals surface area contributed by atoms with Crippen LogP contribution in [0.1, 0.15) is 31.9 Å². The van der Waals surface area contributed by atoms with E-state index in [2.05, 4.69) is 5.32 Å². The molecule has 0 saturated heterocycles. The van der Waals surface area contributed by atoms with Crippen LogP contribution in [0.5, 0.6) is 0 Å². The van der Waals surface area contributed by atoms with Crippen LogP contribution in [0.25, 0.3) is 0 Å². The number of hydrogen-bond acceptors (Lipinski definition) is 3. The molecule has 1 aromatic carbocycles. The first-order chi connectivity index (χ1) is 10.0. The SMILES string of the molecule is CC(C)(C)NC(=O)O[C@@H](C=O)Cc1ccc(C(F)(F)F)cc1. The Morgan fingerprint density at radius 2 is 1.77 bits per heavy atom. The minimum absolute atomic E-state index is 0.0131. The van der Waals surface area contributed by atoms with E-state index in [1.165, 1.54) is 12.1 Å². The molecule has 0 bridgehead atoms. The number of rotatable bonds is 4. The van der Waals surface area contributed by atoms with Crippen molar-refractivity contribution in [1.29, 1.82) is 0 Å². The first-order valence-electron chi connectivity index (χ1n) is 6.61. The third-order valence-corrected chi connectivity index (χ3v) is 2.61. The summed E-state index contributed by atoms with van der Waals surface area (Å²) in [6, 6.07) is 4.35. The summed E-state index contributed by atoms with van der Waals surface area (Å²) < 4.78 is 42.3. The lowest BCUT2D eigenvalue weighted by Crippen LogP contribution is -2.42. The van der Waals surface area contributed by atoms with Gasteiger partial charge in [-0.25, -0.2) is 4.79 Å². The lowest BCUT2D eigenvalue weighted by atomic mass is 10.1. The lowest BCUT2D eigenvalue weighted by molar-refractivity contribution is -0.137. The summed E-state index contributed by atoms with van der Waals surface area (Å²) in [6.07, 6.45) is -5.76. The zero-order valence-electron chi connectivity index (χ0n) is 12.5. The number of alkyl carbamates (subject to hydrolysis) is 1. The van der Waals surface area contributed by atoms with Crippen molar-refractivity contribution < 1.29 is 27.5 Å². The van der Waals surface area contributed by atoms with Crippen LogP contribution in [0.15, 0.2) is 24.3 Å². The quantitative estimate of drug-likeness (QED) is 0.867. The Balaban J connectivity index is 2.67. The van der Waals surface area contributed by atoms with Gasteiger partial charge < -0.3 is 10.1 Å². The Morgan fingerprint density at radius 3 is 2.18 bits per heavy atom. The minimum atomic E-state index is -4.41. The van der Waals surface area contributed by atoms with Crippen LogP contribution in [0.3, 0.4) is 0 Å². The van der Waals surface area contributed by atoms with Crippen LogP contribution in [-0.4, -0.2) is 24.0 Å². The molecule has 1 rings (SSSR count). The molecule has 0 heterocycles. The van der Waals surface area contributed by atoms with Gasteiger partial charge in [0, 0.05) is 12.0 Å². The minimum Gasteiger partial charge on any atom is -0.438 e. The maximum atomic E-state index is 12.4. The van der Waals surface area contributed by atoms with Crippen LogP contribution in [0.2, 0.25) is 0 Å². The zero-order chi connectivity index (χ0) is 17.0. The Bertz CT molecular complexity index is 518. The van der Waals surface area contributed by atoms with E-state index in [-0.39, 0.29) is 6.42 Å². The molecule has 7 heteroatoms. The van der Waals surface area contributed by atoms with Crippen molar-refractivity contribution in [1.82, 2.24) is 5.32 Å². The molecule has 0 aromatic heterocycles. The van der Waals surface area contributed by atoms with E-state index in [0.717, 1.165) is 12.1 Å². The average Bonchev–Trinajstić information content (AvgIpc) is 2.35. The Morgan fingerprint density at radius 1 is 1.23 bits per heavy atom. The Hall–Kier alpha value is -2.05. The molecule has 4 nitrogen and oxygen atoms in total. The third kappa shape index (κ3) is 6.15. The van der Waals surface area contributed by atoms with Gasteiger partial charge in [0.1, 0.15) is 0 Å². The van der Waals surface area contributed by atoms with Gasteiger partial charge in [-0.1, -0.05) is 12.1 Å². The second-order valence-corrected chi connectivity index (χ2v) is 5.85. The third-order valence-electron chi connectivity index (χ3n) is 2.61. The maximum Gasteiger partial charge on any atom is 0.416 e. The molecule has 1 atom stereocenters. The van der Waals surface area contributed by atoms with Crippen molar-refractivity contribution in [3.05, 3.63) is 35.4 Å². The predicted octanol–water partition coefficient (Wildman–Crippen LogP) is 3.34. The first-order valence-corrected chi connectivity index (χ1v) is 6.61. The van der Waals surface area contributed by atoms with Crippen LogP contribution >= 0.6 is 0 Å². The number of nitrogens with one attached hydrogen (secondary N) is 1. The van der Waals surface area contributed by atoms with Gasteiger partial charge in [-0.15, -0.1) is 0 Å². The fourth-order valence-corrected chi connectivity index (χ4v) is 1.65. The van der Waals surface area contributed by atoms with Gasteiger partial charge in [0.15, 0.2) is 12.4 Å². The number of carbonyl (C=O) groups excluding carboxylic acids is 2. The molecule has 1 aromatic rings. The summed E-state index contributed by atoms with van der Waals surface area (Å²) in [5.41, 5.74) is -0.822.